The maximum Gasteiger partial charge on any atom is 0.573 e. The molecule has 0 spiro atoms. The molecular weight excluding hydrogens is 245 g/mol. The zero-order valence-electron chi connectivity index (χ0n) is 7.62. The van der Waals surface area contributed by atoms with Gasteiger partial charge in [0.2, 0.25) is 0 Å². The Labute approximate surface area is 92.8 Å². The molecule has 3 nitrogen and oxygen atoms in total. The van der Waals surface area contributed by atoms with Crippen LogP contribution in [0.3, 0.4) is 0 Å². The van der Waals surface area contributed by atoms with Crippen LogP contribution in [0.4, 0.5) is 13.2 Å². The van der Waals surface area contributed by atoms with E-state index in [9.17, 15) is 13.2 Å². The maximum absolute atomic E-state index is 12.0. The molecule has 84 valence electrons. The average Bonchev–Trinajstić information content (AvgIpc) is 2.17. The van der Waals surface area contributed by atoms with Gasteiger partial charge in [-0.1, -0.05) is 11.6 Å². The number of benzene rings is 1. The number of halogens is 4. The summed E-state index contributed by atoms with van der Waals surface area (Å²) in [6.45, 7) is 0. The van der Waals surface area contributed by atoms with E-state index in [1.807, 2.05) is 0 Å². The lowest BCUT2D eigenvalue weighted by Gasteiger charge is -2.09. The molecule has 0 fully saturated rings. The van der Waals surface area contributed by atoms with Crippen molar-refractivity contribution in [2.45, 2.75) is 6.36 Å². The Morgan fingerprint density at radius 3 is 2.62 bits per heavy atom. The summed E-state index contributed by atoms with van der Waals surface area (Å²) in [5.41, 5.74) is 0.453. The van der Waals surface area contributed by atoms with Gasteiger partial charge in [0.25, 0.3) is 0 Å². The van der Waals surface area contributed by atoms with Crippen molar-refractivity contribution in [2.24, 2.45) is 0 Å². The average molecular weight is 249 g/mol. The standard InChI is InChI=1S/C9H4ClF3N2O/c10-8-6-3-5(16-9(11,12)13)1-2-7(6)14-4-15-8/h1-4H. The van der Waals surface area contributed by atoms with E-state index in [1.54, 1.807) is 0 Å². The molecule has 2 aromatic rings. The van der Waals surface area contributed by atoms with Gasteiger partial charge in [0.1, 0.15) is 17.2 Å². The molecule has 0 amide bonds. The van der Waals surface area contributed by atoms with Crippen LogP contribution in [0.2, 0.25) is 5.15 Å². The van der Waals surface area contributed by atoms with Crippen molar-refractivity contribution >= 4 is 22.5 Å². The molecule has 0 radical (unpaired) electrons. The third-order valence-electron chi connectivity index (χ3n) is 1.79. The minimum atomic E-state index is -4.73. The van der Waals surface area contributed by atoms with Crippen LogP contribution >= 0.6 is 11.6 Å². The van der Waals surface area contributed by atoms with Crippen LogP contribution in [0.15, 0.2) is 24.5 Å². The van der Waals surface area contributed by atoms with E-state index < -0.39 is 6.36 Å². The minimum absolute atomic E-state index is 0.0811. The molecule has 0 aliphatic carbocycles. The first-order valence-corrected chi connectivity index (χ1v) is 4.49. The Kier molecular flexibility index (Phi) is 2.59. The van der Waals surface area contributed by atoms with Crippen molar-refractivity contribution in [3.05, 3.63) is 29.7 Å². The number of nitrogens with zero attached hydrogens (tertiary/aromatic N) is 2. The molecule has 7 heteroatoms. The van der Waals surface area contributed by atoms with Gasteiger partial charge in [-0.15, -0.1) is 13.2 Å². The second-order valence-electron chi connectivity index (χ2n) is 2.89. The second-order valence-corrected chi connectivity index (χ2v) is 3.25. The van der Waals surface area contributed by atoms with Gasteiger partial charge < -0.3 is 4.74 Å². The molecule has 16 heavy (non-hydrogen) atoms. The fourth-order valence-corrected chi connectivity index (χ4v) is 1.40. The topological polar surface area (TPSA) is 35.0 Å². The van der Waals surface area contributed by atoms with Crippen molar-refractivity contribution in [3.63, 3.8) is 0 Å². The number of fused-ring (bicyclic) bond motifs is 1. The molecule has 2 rings (SSSR count). The molecule has 0 saturated heterocycles. The summed E-state index contributed by atoms with van der Waals surface area (Å²) in [5, 5.41) is 0.392. The molecule has 0 atom stereocenters. The van der Waals surface area contributed by atoms with Gasteiger partial charge in [-0.3, -0.25) is 0 Å². The fourth-order valence-electron chi connectivity index (χ4n) is 1.20. The van der Waals surface area contributed by atoms with Crippen LogP contribution in [0, 0.1) is 0 Å². The first-order chi connectivity index (χ1) is 7.46. The summed E-state index contributed by atoms with van der Waals surface area (Å²) in [5.74, 6) is -0.350. The van der Waals surface area contributed by atoms with Crippen LogP contribution in [0.25, 0.3) is 10.9 Å². The van der Waals surface area contributed by atoms with E-state index in [1.165, 1.54) is 18.5 Å². The molecule has 0 N–H and O–H groups in total. The Hall–Kier alpha value is -1.56. The molecule has 0 aliphatic rings. The molecule has 1 heterocycles. The van der Waals surface area contributed by atoms with Crippen molar-refractivity contribution in [1.29, 1.82) is 0 Å². The van der Waals surface area contributed by atoms with Gasteiger partial charge in [0.05, 0.1) is 5.52 Å². The number of rotatable bonds is 1. The summed E-state index contributed by atoms with van der Waals surface area (Å²) >= 11 is 5.71. The lowest BCUT2D eigenvalue weighted by Crippen LogP contribution is -2.17. The van der Waals surface area contributed by atoms with Crippen molar-refractivity contribution in [1.82, 2.24) is 9.97 Å². The molecule has 0 bridgehead atoms. The van der Waals surface area contributed by atoms with Crippen LogP contribution in [0.1, 0.15) is 0 Å². The van der Waals surface area contributed by atoms with Crippen molar-refractivity contribution < 1.29 is 17.9 Å². The van der Waals surface area contributed by atoms with E-state index in [4.69, 9.17) is 11.6 Å². The van der Waals surface area contributed by atoms with Crippen molar-refractivity contribution in [3.8, 4) is 5.75 Å². The lowest BCUT2D eigenvalue weighted by atomic mass is 10.2. The van der Waals surface area contributed by atoms with Crippen LogP contribution < -0.4 is 4.74 Å². The Balaban J connectivity index is 2.47. The summed E-state index contributed by atoms with van der Waals surface area (Å²) < 4.78 is 39.6. The fraction of sp³-hybridized carbons (Fsp3) is 0.111. The van der Waals surface area contributed by atoms with Gasteiger partial charge >= 0.3 is 6.36 Å². The van der Waals surface area contributed by atoms with Gasteiger partial charge in [-0.05, 0) is 18.2 Å². The zero-order valence-corrected chi connectivity index (χ0v) is 8.38. The van der Waals surface area contributed by atoms with E-state index >= 15 is 0 Å². The highest BCUT2D eigenvalue weighted by Crippen LogP contribution is 2.28. The number of hydrogen-bond acceptors (Lipinski definition) is 3. The van der Waals surface area contributed by atoms with Crippen molar-refractivity contribution in [2.75, 3.05) is 0 Å². The molecule has 0 saturated carbocycles. The highest BCUT2D eigenvalue weighted by molar-refractivity contribution is 6.34. The van der Waals surface area contributed by atoms with Gasteiger partial charge in [-0.2, -0.15) is 0 Å². The third-order valence-corrected chi connectivity index (χ3v) is 2.09. The monoisotopic (exact) mass is 248 g/mol. The summed E-state index contributed by atoms with van der Waals surface area (Å²) in [4.78, 5) is 7.51. The SMILES string of the molecule is FC(F)(F)Oc1ccc2ncnc(Cl)c2c1. The first kappa shape index (κ1) is 10.9. The normalized spacial score (nSPS) is 11.8. The first-order valence-electron chi connectivity index (χ1n) is 4.12. The summed E-state index contributed by atoms with van der Waals surface area (Å²) in [7, 11) is 0. The number of hydrogen-bond donors (Lipinski definition) is 0. The molecule has 1 aromatic heterocycles. The minimum Gasteiger partial charge on any atom is -0.406 e. The van der Waals surface area contributed by atoms with Gasteiger partial charge in [-0.25, -0.2) is 9.97 Å². The molecule has 1 aromatic carbocycles. The molecular formula is C9H4ClF3N2O. The van der Waals surface area contributed by atoms with Crippen LogP contribution in [-0.4, -0.2) is 16.3 Å². The number of aromatic nitrogens is 2. The predicted molar refractivity (Wildman–Crippen MR) is 51.2 cm³/mol. The van der Waals surface area contributed by atoms with Crippen LogP contribution in [-0.2, 0) is 0 Å². The zero-order chi connectivity index (χ0) is 11.8. The predicted octanol–water partition coefficient (Wildman–Crippen LogP) is 3.18. The van der Waals surface area contributed by atoms with E-state index in [0.717, 1.165) is 6.07 Å². The second kappa shape index (κ2) is 3.79. The molecule has 0 unspecified atom stereocenters. The maximum atomic E-state index is 12.0. The Morgan fingerprint density at radius 1 is 1.19 bits per heavy atom. The lowest BCUT2D eigenvalue weighted by molar-refractivity contribution is -0.274. The van der Waals surface area contributed by atoms with E-state index in [2.05, 4.69) is 14.7 Å². The van der Waals surface area contributed by atoms with E-state index in [-0.39, 0.29) is 10.9 Å². The van der Waals surface area contributed by atoms with Gasteiger partial charge in [0, 0.05) is 5.39 Å². The highest BCUT2D eigenvalue weighted by atomic mass is 35.5. The van der Waals surface area contributed by atoms with Gasteiger partial charge in [0.15, 0.2) is 0 Å². The number of ether oxygens (including phenoxy) is 1. The smallest absolute Gasteiger partial charge is 0.406 e. The van der Waals surface area contributed by atoms with E-state index in [0.29, 0.717) is 10.9 Å². The Morgan fingerprint density at radius 2 is 1.94 bits per heavy atom. The quantitative estimate of drug-likeness (QED) is 0.727. The third kappa shape index (κ3) is 2.33. The molecule has 0 aliphatic heterocycles. The number of alkyl halides is 3. The van der Waals surface area contributed by atoms with Crippen LogP contribution in [0.5, 0.6) is 5.75 Å². The summed E-state index contributed by atoms with van der Waals surface area (Å²) in [6, 6.07) is 3.69. The summed E-state index contributed by atoms with van der Waals surface area (Å²) in [6.07, 6.45) is -3.50. The Bertz CT molecular complexity index is 530. The largest absolute Gasteiger partial charge is 0.573 e. The highest BCUT2D eigenvalue weighted by Gasteiger charge is 2.31.